The fourth-order valence-electron chi connectivity index (χ4n) is 2.67. The normalized spacial score (nSPS) is 11.6. The minimum absolute atomic E-state index is 0.149. The van der Waals surface area contributed by atoms with Gasteiger partial charge in [0.2, 0.25) is 11.8 Å². The molecule has 0 saturated heterocycles. The summed E-state index contributed by atoms with van der Waals surface area (Å²) in [5.41, 5.74) is 2.11. The second-order valence-electron chi connectivity index (χ2n) is 6.24. The van der Waals surface area contributed by atoms with Gasteiger partial charge < -0.3 is 10.6 Å². The third kappa shape index (κ3) is 6.00. The monoisotopic (exact) mass is 444 g/mol. The van der Waals surface area contributed by atoms with Gasteiger partial charge in [-0.05, 0) is 42.0 Å². The topological polar surface area (TPSA) is 58.2 Å². The van der Waals surface area contributed by atoms with Crippen LogP contribution in [0.15, 0.2) is 77.7 Å². The summed E-state index contributed by atoms with van der Waals surface area (Å²) in [5, 5.41) is 5.96. The molecule has 0 radical (unpaired) electrons. The molecule has 3 aromatic carbocycles. The van der Waals surface area contributed by atoms with E-state index in [-0.39, 0.29) is 11.8 Å². The van der Waals surface area contributed by atoms with Gasteiger partial charge in [0.15, 0.2) is 0 Å². The first-order valence-electron chi connectivity index (χ1n) is 8.77. The SMILES string of the molecule is CC(=O)Nc1cccc(SC(C(=O)Nc2ccc(Cl)c(Cl)c2)c2ccccc2)c1. The van der Waals surface area contributed by atoms with Crippen LogP contribution in [0.2, 0.25) is 10.0 Å². The maximum absolute atomic E-state index is 13.1. The van der Waals surface area contributed by atoms with Crippen molar-refractivity contribution in [2.24, 2.45) is 0 Å². The molecule has 0 aliphatic rings. The number of rotatable bonds is 6. The summed E-state index contributed by atoms with van der Waals surface area (Å²) in [5.74, 6) is -0.339. The molecule has 0 aliphatic carbocycles. The summed E-state index contributed by atoms with van der Waals surface area (Å²) in [6, 6.07) is 21.8. The second-order valence-corrected chi connectivity index (χ2v) is 8.23. The van der Waals surface area contributed by atoms with Gasteiger partial charge in [-0.1, -0.05) is 59.6 Å². The van der Waals surface area contributed by atoms with Gasteiger partial charge in [-0.25, -0.2) is 0 Å². The number of amides is 2. The van der Waals surface area contributed by atoms with Crippen molar-refractivity contribution in [3.05, 3.63) is 88.4 Å². The van der Waals surface area contributed by atoms with E-state index in [2.05, 4.69) is 10.6 Å². The van der Waals surface area contributed by atoms with E-state index < -0.39 is 5.25 Å². The Labute approximate surface area is 183 Å². The van der Waals surface area contributed by atoms with Gasteiger partial charge in [-0.15, -0.1) is 11.8 Å². The van der Waals surface area contributed by atoms with Gasteiger partial charge in [-0.3, -0.25) is 9.59 Å². The maximum atomic E-state index is 13.1. The van der Waals surface area contributed by atoms with Gasteiger partial charge in [0.25, 0.3) is 0 Å². The summed E-state index contributed by atoms with van der Waals surface area (Å²) in [4.78, 5) is 25.3. The molecular weight excluding hydrogens is 427 g/mol. The van der Waals surface area contributed by atoms with Crippen LogP contribution >= 0.6 is 35.0 Å². The number of carbonyl (C=O) groups excluding carboxylic acids is 2. The molecule has 148 valence electrons. The van der Waals surface area contributed by atoms with Gasteiger partial charge >= 0.3 is 0 Å². The van der Waals surface area contributed by atoms with Gasteiger partial charge in [0.1, 0.15) is 5.25 Å². The van der Waals surface area contributed by atoms with Crippen molar-refractivity contribution in [3.8, 4) is 0 Å². The molecule has 0 fully saturated rings. The van der Waals surface area contributed by atoms with Crippen LogP contribution in [0.5, 0.6) is 0 Å². The number of anilines is 2. The number of nitrogens with one attached hydrogen (secondary N) is 2. The molecule has 0 bridgehead atoms. The highest BCUT2D eigenvalue weighted by molar-refractivity contribution is 8.00. The van der Waals surface area contributed by atoms with E-state index in [9.17, 15) is 9.59 Å². The van der Waals surface area contributed by atoms with Crippen molar-refractivity contribution in [2.75, 3.05) is 10.6 Å². The molecule has 7 heteroatoms. The molecule has 0 spiro atoms. The molecule has 0 heterocycles. The summed E-state index contributed by atoms with van der Waals surface area (Å²) in [7, 11) is 0. The summed E-state index contributed by atoms with van der Waals surface area (Å²) < 4.78 is 0. The van der Waals surface area contributed by atoms with Crippen LogP contribution in [0.4, 0.5) is 11.4 Å². The molecule has 4 nitrogen and oxygen atoms in total. The molecule has 0 saturated carbocycles. The first-order chi connectivity index (χ1) is 13.9. The quantitative estimate of drug-likeness (QED) is 0.430. The molecule has 1 unspecified atom stereocenters. The van der Waals surface area contributed by atoms with Crippen LogP contribution in [0.3, 0.4) is 0 Å². The van der Waals surface area contributed by atoms with Crippen molar-refractivity contribution in [1.82, 2.24) is 0 Å². The van der Waals surface area contributed by atoms with Crippen LogP contribution in [-0.4, -0.2) is 11.8 Å². The molecule has 0 aromatic heterocycles. The zero-order valence-electron chi connectivity index (χ0n) is 15.5. The average molecular weight is 445 g/mol. The Bertz CT molecular complexity index is 1030. The predicted molar refractivity (Wildman–Crippen MR) is 121 cm³/mol. The lowest BCUT2D eigenvalue weighted by Crippen LogP contribution is -2.19. The molecule has 29 heavy (non-hydrogen) atoms. The largest absolute Gasteiger partial charge is 0.326 e. The first kappa shape index (κ1) is 21.2. The van der Waals surface area contributed by atoms with Crippen LogP contribution in [-0.2, 0) is 9.59 Å². The van der Waals surface area contributed by atoms with Crippen LogP contribution in [0.25, 0.3) is 0 Å². The zero-order chi connectivity index (χ0) is 20.8. The molecular formula is C22H18Cl2N2O2S. The van der Waals surface area contributed by atoms with E-state index >= 15 is 0 Å². The number of halogens is 2. The Morgan fingerprint density at radius 3 is 2.24 bits per heavy atom. The maximum Gasteiger partial charge on any atom is 0.242 e. The number of benzene rings is 3. The first-order valence-corrected chi connectivity index (χ1v) is 10.4. The fraction of sp³-hybridized carbons (Fsp3) is 0.0909. The Hall–Kier alpha value is -2.47. The van der Waals surface area contributed by atoms with E-state index in [4.69, 9.17) is 23.2 Å². The lowest BCUT2D eigenvalue weighted by atomic mass is 10.1. The van der Waals surface area contributed by atoms with Crippen molar-refractivity contribution >= 4 is 58.2 Å². The molecule has 1 atom stereocenters. The molecule has 0 aliphatic heterocycles. The van der Waals surface area contributed by atoms with E-state index in [0.717, 1.165) is 10.5 Å². The third-order valence-corrected chi connectivity index (χ3v) is 5.92. The van der Waals surface area contributed by atoms with E-state index in [1.807, 2.05) is 48.5 Å². The Balaban J connectivity index is 1.86. The van der Waals surface area contributed by atoms with E-state index in [1.54, 1.807) is 24.3 Å². The van der Waals surface area contributed by atoms with Crippen molar-refractivity contribution < 1.29 is 9.59 Å². The lowest BCUT2D eigenvalue weighted by molar-refractivity contribution is -0.116. The number of hydrogen-bond donors (Lipinski definition) is 2. The highest BCUT2D eigenvalue weighted by Gasteiger charge is 2.22. The second kappa shape index (κ2) is 9.83. The third-order valence-electron chi connectivity index (χ3n) is 3.94. The molecule has 2 amide bonds. The Morgan fingerprint density at radius 1 is 0.828 bits per heavy atom. The number of thioether (sulfide) groups is 1. The van der Waals surface area contributed by atoms with Crippen molar-refractivity contribution in [3.63, 3.8) is 0 Å². The summed E-state index contributed by atoms with van der Waals surface area (Å²) >= 11 is 13.4. The van der Waals surface area contributed by atoms with Crippen molar-refractivity contribution in [2.45, 2.75) is 17.1 Å². The summed E-state index contributed by atoms with van der Waals surface area (Å²) in [6.45, 7) is 1.46. The number of carbonyl (C=O) groups is 2. The summed E-state index contributed by atoms with van der Waals surface area (Å²) in [6.07, 6.45) is 0. The van der Waals surface area contributed by atoms with Gasteiger partial charge in [-0.2, -0.15) is 0 Å². The van der Waals surface area contributed by atoms with Gasteiger partial charge in [0.05, 0.1) is 10.0 Å². The van der Waals surface area contributed by atoms with E-state index in [1.165, 1.54) is 18.7 Å². The van der Waals surface area contributed by atoms with Crippen molar-refractivity contribution in [1.29, 1.82) is 0 Å². The Morgan fingerprint density at radius 2 is 1.55 bits per heavy atom. The van der Waals surface area contributed by atoms with Gasteiger partial charge in [0, 0.05) is 23.2 Å². The molecule has 3 rings (SSSR count). The molecule has 2 N–H and O–H groups in total. The minimum Gasteiger partial charge on any atom is -0.326 e. The predicted octanol–water partition coefficient (Wildman–Crippen LogP) is 6.42. The lowest BCUT2D eigenvalue weighted by Gasteiger charge is -2.18. The molecule has 3 aromatic rings. The van der Waals surface area contributed by atoms with Crippen LogP contribution in [0, 0.1) is 0 Å². The van der Waals surface area contributed by atoms with Crippen LogP contribution in [0.1, 0.15) is 17.7 Å². The highest BCUT2D eigenvalue weighted by Crippen LogP contribution is 2.37. The number of hydrogen-bond acceptors (Lipinski definition) is 3. The Kier molecular flexibility index (Phi) is 7.20. The fourth-order valence-corrected chi connectivity index (χ4v) is 4.05. The standard InChI is InChI=1S/C22H18Cl2N2O2S/c1-14(27)25-16-8-5-9-18(12-16)29-21(15-6-3-2-4-7-15)22(28)26-17-10-11-19(23)20(24)13-17/h2-13,21H,1H3,(H,25,27)(H,26,28). The highest BCUT2D eigenvalue weighted by atomic mass is 35.5. The smallest absolute Gasteiger partial charge is 0.242 e. The minimum atomic E-state index is -0.502. The van der Waals surface area contributed by atoms with E-state index in [0.29, 0.717) is 21.4 Å². The zero-order valence-corrected chi connectivity index (χ0v) is 17.8. The van der Waals surface area contributed by atoms with Crippen LogP contribution < -0.4 is 10.6 Å². The average Bonchev–Trinajstić information content (AvgIpc) is 2.69.